The fourth-order valence-corrected chi connectivity index (χ4v) is 3.44. The Morgan fingerprint density at radius 3 is 2.48 bits per heavy atom. The lowest BCUT2D eigenvalue weighted by atomic mass is 9.85. The molecular weight excluding hydrogens is 366 g/mol. The Morgan fingerprint density at radius 1 is 1.14 bits per heavy atom. The van der Waals surface area contributed by atoms with Gasteiger partial charge >= 0.3 is 0 Å². The molecule has 1 heterocycles. The molecule has 8 nitrogen and oxygen atoms in total. The van der Waals surface area contributed by atoms with Crippen LogP contribution >= 0.6 is 0 Å². The second-order valence-electron chi connectivity index (χ2n) is 7.15. The Balaban J connectivity index is 1.57. The van der Waals surface area contributed by atoms with E-state index in [0.29, 0.717) is 29.4 Å². The van der Waals surface area contributed by atoms with Crippen LogP contribution in [0.5, 0.6) is 0 Å². The highest BCUT2D eigenvalue weighted by Gasteiger charge is 2.25. The highest BCUT2D eigenvalue weighted by molar-refractivity contribution is 5.76. The van der Waals surface area contributed by atoms with Gasteiger partial charge in [0.1, 0.15) is 17.5 Å². The van der Waals surface area contributed by atoms with Crippen molar-refractivity contribution in [1.29, 1.82) is 10.5 Å². The van der Waals surface area contributed by atoms with Crippen LogP contribution in [-0.2, 0) is 11.2 Å². The first kappa shape index (κ1) is 20.1. The Morgan fingerprint density at radius 2 is 1.86 bits per heavy atom. The number of nitrogens with two attached hydrogens (primary N) is 1. The van der Waals surface area contributed by atoms with E-state index in [1.54, 1.807) is 12.1 Å². The predicted octanol–water partition coefficient (Wildman–Crippen LogP) is 2.33. The average molecular weight is 389 g/mol. The maximum atomic E-state index is 11.3. The van der Waals surface area contributed by atoms with Gasteiger partial charge in [-0.25, -0.2) is 4.98 Å². The Bertz CT molecular complexity index is 935. The predicted molar refractivity (Wildman–Crippen MR) is 109 cm³/mol. The van der Waals surface area contributed by atoms with E-state index in [4.69, 9.17) is 11.0 Å². The third kappa shape index (κ3) is 5.43. The fraction of sp³-hybridized carbons (Fsp3) is 0.381. The van der Waals surface area contributed by atoms with Crippen LogP contribution in [0, 0.1) is 28.6 Å². The van der Waals surface area contributed by atoms with Crippen molar-refractivity contribution in [3.8, 4) is 12.1 Å². The van der Waals surface area contributed by atoms with Crippen LogP contribution in [0.2, 0.25) is 0 Å². The summed E-state index contributed by atoms with van der Waals surface area (Å²) in [5.74, 6) is 0.655. The molecule has 1 aromatic carbocycles. The number of aromatic nitrogens is 2. The fourth-order valence-electron chi connectivity index (χ4n) is 3.44. The van der Waals surface area contributed by atoms with Gasteiger partial charge in [-0.2, -0.15) is 15.5 Å². The smallest absolute Gasteiger partial charge is 0.224 e. The first-order valence-corrected chi connectivity index (χ1v) is 9.65. The van der Waals surface area contributed by atoms with Gasteiger partial charge in [0.25, 0.3) is 0 Å². The van der Waals surface area contributed by atoms with E-state index in [2.05, 4.69) is 32.7 Å². The third-order valence-electron chi connectivity index (χ3n) is 5.16. The summed E-state index contributed by atoms with van der Waals surface area (Å²) < 4.78 is 0. The molecule has 0 spiro atoms. The molecule has 3 rings (SSSR count). The van der Waals surface area contributed by atoms with Crippen molar-refractivity contribution >= 4 is 17.7 Å². The van der Waals surface area contributed by atoms with E-state index in [9.17, 15) is 10.1 Å². The minimum atomic E-state index is -0.239. The molecule has 1 aliphatic rings. The van der Waals surface area contributed by atoms with Crippen molar-refractivity contribution < 1.29 is 4.79 Å². The molecule has 1 aliphatic carbocycles. The quantitative estimate of drug-likeness (QED) is 0.660. The van der Waals surface area contributed by atoms with E-state index in [0.717, 1.165) is 37.7 Å². The van der Waals surface area contributed by atoms with Crippen molar-refractivity contribution in [2.24, 2.45) is 11.7 Å². The molecule has 1 aromatic heterocycles. The summed E-state index contributed by atoms with van der Waals surface area (Å²) in [7, 11) is 0. The summed E-state index contributed by atoms with van der Waals surface area (Å²) in [5, 5.41) is 24.7. The van der Waals surface area contributed by atoms with Crippen molar-refractivity contribution in [3.63, 3.8) is 0 Å². The highest BCUT2D eigenvalue weighted by atomic mass is 16.1. The standard InChI is InChI=1S/C21H23N7O/c22-11-15-3-1-14(2-4-15)9-10-25-21-26-13-17(12-23)20(28-21)27-18-7-5-16(6-8-18)19(24)29/h1-4,13,16,18H,5-10H2,(H2,24,29)(H2,25,26,27,28). The molecule has 148 valence electrons. The molecule has 1 amide bonds. The summed E-state index contributed by atoms with van der Waals surface area (Å²) in [6.45, 7) is 0.626. The van der Waals surface area contributed by atoms with Gasteiger partial charge in [-0.15, -0.1) is 0 Å². The number of rotatable bonds is 7. The minimum absolute atomic E-state index is 0.0617. The summed E-state index contributed by atoms with van der Waals surface area (Å²) >= 11 is 0. The lowest BCUT2D eigenvalue weighted by Crippen LogP contribution is -2.32. The van der Waals surface area contributed by atoms with E-state index in [1.165, 1.54) is 6.20 Å². The molecule has 0 aliphatic heterocycles. The van der Waals surface area contributed by atoms with Gasteiger partial charge in [0.15, 0.2) is 0 Å². The molecule has 0 unspecified atom stereocenters. The first-order chi connectivity index (χ1) is 14.1. The number of primary amides is 1. The van der Waals surface area contributed by atoms with Crippen LogP contribution in [0.3, 0.4) is 0 Å². The molecule has 2 aromatic rings. The topological polar surface area (TPSA) is 141 Å². The van der Waals surface area contributed by atoms with Gasteiger partial charge < -0.3 is 16.4 Å². The number of anilines is 2. The lowest BCUT2D eigenvalue weighted by Gasteiger charge is -2.28. The number of carbonyl (C=O) groups is 1. The SMILES string of the molecule is N#Cc1ccc(CCNc2ncc(C#N)c(NC3CCC(C(N)=O)CC3)n2)cc1. The van der Waals surface area contributed by atoms with Crippen LogP contribution in [-0.4, -0.2) is 28.5 Å². The summed E-state index contributed by atoms with van der Waals surface area (Å²) in [6.07, 6.45) is 5.38. The van der Waals surface area contributed by atoms with Crippen LogP contribution in [0.1, 0.15) is 42.4 Å². The number of benzene rings is 1. The molecule has 29 heavy (non-hydrogen) atoms. The second-order valence-corrected chi connectivity index (χ2v) is 7.15. The molecule has 1 saturated carbocycles. The number of amides is 1. The molecule has 0 radical (unpaired) electrons. The van der Waals surface area contributed by atoms with E-state index >= 15 is 0 Å². The van der Waals surface area contributed by atoms with Gasteiger partial charge in [-0.3, -0.25) is 4.79 Å². The van der Waals surface area contributed by atoms with E-state index in [-0.39, 0.29) is 17.9 Å². The zero-order valence-electron chi connectivity index (χ0n) is 16.1. The van der Waals surface area contributed by atoms with Gasteiger partial charge in [-0.1, -0.05) is 12.1 Å². The van der Waals surface area contributed by atoms with Crippen molar-refractivity contribution in [2.45, 2.75) is 38.1 Å². The largest absolute Gasteiger partial charge is 0.369 e. The third-order valence-corrected chi connectivity index (χ3v) is 5.16. The Hall–Kier alpha value is -3.65. The number of carbonyl (C=O) groups excluding carboxylic acids is 1. The van der Waals surface area contributed by atoms with Crippen molar-refractivity contribution in [2.75, 3.05) is 17.2 Å². The zero-order valence-corrected chi connectivity index (χ0v) is 16.1. The van der Waals surface area contributed by atoms with Gasteiger partial charge in [-0.05, 0) is 49.8 Å². The van der Waals surface area contributed by atoms with Crippen LogP contribution in [0.15, 0.2) is 30.5 Å². The number of nitrogens with one attached hydrogen (secondary N) is 2. The molecule has 0 atom stereocenters. The van der Waals surface area contributed by atoms with E-state index < -0.39 is 0 Å². The van der Waals surface area contributed by atoms with Crippen molar-refractivity contribution in [1.82, 2.24) is 9.97 Å². The van der Waals surface area contributed by atoms with Crippen LogP contribution in [0.4, 0.5) is 11.8 Å². The van der Waals surface area contributed by atoms with Crippen molar-refractivity contribution in [3.05, 3.63) is 47.2 Å². The van der Waals surface area contributed by atoms with Gasteiger partial charge in [0.2, 0.25) is 11.9 Å². The maximum absolute atomic E-state index is 11.3. The summed E-state index contributed by atoms with van der Waals surface area (Å²) in [5.41, 5.74) is 7.52. The number of nitriles is 2. The Labute approximate surface area is 169 Å². The molecule has 4 N–H and O–H groups in total. The minimum Gasteiger partial charge on any atom is -0.369 e. The highest BCUT2D eigenvalue weighted by Crippen LogP contribution is 2.27. The lowest BCUT2D eigenvalue weighted by molar-refractivity contribution is -0.122. The average Bonchev–Trinajstić information content (AvgIpc) is 2.75. The number of hydrogen-bond donors (Lipinski definition) is 3. The molecular formula is C21H23N7O. The number of nitrogens with zero attached hydrogens (tertiary/aromatic N) is 4. The molecule has 8 heteroatoms. The maximum Gasteiger partial charge on any atom is 0.224 e. The molecule has 0 saturated heterocycles. The normalized spacial score (nSPS) is 18.3. The summed E-state index contributed by atoms with van der Waals surface area (Å²) in [6, 6.07) is 11.8. The zero-order chi connectivity index (χ0) is 20.6. The van der Waals surface area contributed by atoms with Gasteiger partial charge in [0.05, 0.1) is 17.8 Å². The first-order valence-electron chi connectivity index (χ1n) is 9.65. The van der Waals surface area contributed by atoms with Crippen LogP contribution in [0.25, 0.3) is 0 Å². The van der Waals surface area contributed by atoms with E-state index in [1.807, 2.05) is 12.1 Å². The number of hydrogen-bond acceptors (Lipinski definition) is 7. The Kier molecular flexibility index (Phi) is 6.59. The molecule has 1 fully saturated rings. The second kappa shape index (κ2) is 9.52. The monoisotopic (exact) mass is 389 g/mol. The van der Waals surface area contributed by atoms with Crippen LogP contribution < -0.4 is 16.4 Å². The molecule has 0 bridgehead atoms. The van der Waals surface area contributed by atoms with Gasteiger partial charge in [0, 0.05) is 18.5 Å². The summed E-state index contributed by atoms with van der Waals surface area (Å²) in [4.78, 5) is 20.0.